The Bertz CT molecular complexity index is 1170. The maximum Gasteiger partial charge on any atom is 0.257 e. The van der Waals surface area contributed by atoms with Gasteiger partial charge in [-0.2, -0.15) is 0 Å². The molecule has 0 bridgehead atoms. The molecule has 2 aromatic carbocycles. The Balaban J connectivity index is 1.31. The van der Waals surface area contributed by atoms with Crippen LogP contribution in [0.2, 0.25) is 0 Å². The van der Waals surface area contributed by atoms with Crippen molar-refractivity contribution in [2.75, 3.05) is 23.8 Å². The Morgan fingerprint density at radius 1 is 1.03 bits per heavy atom. The Morgan fingerprint density at radius 2 is 1.81 bits per heavy atom. The molecular formula is C24H23N3O4S. The first-order valence-electron chi connectivity index (χ1n) is 10.6. The van der Waals surface area contributed by atoms with Crippen molar-refractivity contribution in [3.05, 3.63) is 64.2 Å². The number of aryl methyl sites for hydroxylation is 2. The van der Waals surface area contributed by atoms with Crippen LogP contribution in [0, 0.1) is 6.92 Å². The van der Waals surface area contributed by atoms with Gasteiger partial charge in [0, 0.05) is 22.2 Å². The summed E-state index contributed by atoms with van der Waals surface area (Å²) in [6, 6.07) is 12.8. The lowest BCUT2D eigenvalue weighted by molar-refractivity contribution is -0.117. The van der Waals surface area contributed by atoms with Crippen molar-refractivity contribution in [2.24, 2.45) is 0 Å². The van der Waals surface area contributed by atoms with Crippen LogP contribution in [0.5, 0.6) is 11.5 Å². The van der Waals surface area contributed by atoms with Gasteiger partial charge in [0.05, 0.1) is 11.6 Å². The monoisotopic (exact) mass is 449 g/mol. The number of rotatable bonds is 4. The summed E-state index contributed by atoms with van der Waals surface area (Å²) in [6.45, 7) is 3.00. The van der Waals surface area contributed by atoms with E-state index in [1.54, 1.807) is 24.3 Å². The molecule has 1 aromatic heterocycles. The van der Waals surface area contributed by atoms with E-state index in [9.17, 15) is 9.59 Å². The van der Waals surface area contributed by atoms with Crippen molar-refractivity contribution >= 4 is 34.0 Å². The minimum atomic E-state index is -0.353. The molecular weight excluding hydrogens is 426 g/mol. The van der Waals surface area contributed by atoms with Gasteiger partial charge in [0.15, 0.2) is 16.6 Å². The fourth-order valence-corrected chi connectivity index (χ4v) is 5.01. The van der Waals surface area contributed by atoms with Gasteiger partial charge in [-0.15, -0.1) is 11.3 Å². The highest BCUT2D eigenvalue weighted by molar-refractivity contribution is 7.16. The molecule has 0 spiro atoms. The van der Waals surface area contributed by atoms with Crippen LogP contribution in [0.1, 0.15) is 45.3 Å². The normalized spacial score (nSPS) is 16.7. The second kappa shape index (κ2) is 8.63. The summed E-state index contributed by atoms with van der Waals surface area (Å²) in [5, 5.41) is 6.40. The SMILES string of the molecule is Cc1ccc(C(=O)Nc2nc3c(s2)CCCC3C(=O)Nc2ccc3c(c2)OCCO3)cc1. The fourth-order valence-electron chi connectivity index (χ4n) is 3.95. The molecule has 2 aliphatic rings. The van der Waals surface area contributed by atoms with Crippen molar-refractivity contribution in [1.82, 2.24) is 4.98 Å². The Labute approximate surface area is 189 Å². The molecule has 8 heteroatoms. The highest BCUT2D eigenvalue weighted by atomic mass is 32.1. The van der Waals surface area contributed by atoms with E-state index in [1.165, 1.54) is 11.3 Å². The number of amides is 2. The Hall–Kier alpha value is -3.39. The number of nitrogens with one attached hydrogen (secondary N) is 2. The highest BCUT2D eigenvalue weighted by Crippen LogP contribution is 2.38. The molecule has 2 N–H and O–H groups in total. The number of thiazole rings is 1. The predicted octanol–water partition coefficient (Wildman–Crippen LogP) is 4.53. The molecule has 5 rings (SSSR count). The number of carbonyl (C=O) groups is 2. The molecule has 1 aliphatic heterocycles. The maximum absolute atomic E-state index is 13.1. The molecule has 2 amide bonds. The highest BCUT2D eigenvalue weighted by Gasteiger charge is 2.31. The van der Waals surface area contributed by atoms with E-state index in [2.05, 4.69) is 15.6 Å². The van der Waals surface area contributed by atoms with Gasteiger partial charge in [0.2, 0.25) is 5.91 Å². The summed E-state index contributed by atoms with van der Waals surface area (Å²) in [5.74, 6) is 0.654. The molecule has 3 aromatic rings. The molecule has 2 heterocycles. The van der Waals surface area contributed by atoms with Gasteiger partial charge >= 0.3 is 0 Å². The second-order valence-electron chi connectivity index (χ2n) is 7.94. The third-order valence-corrected chi connectivity index (χ3v) is 6.66. The van der Waals surface area contributed by atoms with E-state index in [-0.39, 0.29) is 17.7 Å². The van der Waals surface area contributed by atoms with E-state index < -0.39 is 0 Å². The van der Waals surface area contributed by atoms with Crippen molar-refractivity contribution in [3.63, 3.8) is 0 Å². The molecule has 0 saturated heterocycles. The quantitative estimate of drug-likeness (QED) is 0.611. The van der Waals surface area contributed by atoms with Crippen molar-refractivity contribution in [3.8, 4) is 11.5 Å². The summed E-state index contributed by atoms with van der Waals surface area (Å²) < 4.78 is 11.1. The first-order chi connectivity index (χ1) is 15.6. The smallest absolute Gasteiger partial charge is 0.257 e. The minimum Gasteiger partial charge on any atom is -0.486 e. The van der Waals surface area contributed by atoms with Crippen LogP contribution in [0.3, 0.4) is 0 Å². The Kier molecular flexibility index (Phi) is 5.53. The zero-order valence-corrected chi connectivity index (χ0v) is 18.5. The molecule has 1 atom stereocenters. The van der Waals surface area contributed by atoms with Gasteiger partial charge in [-0.3, -0.25) is 14.9 Å². The lowest BCUT2D eigenvalue weighted by Gasteiger charge is -2.22. The van der Waals surface area contributed by atoms with Crippen LogP contribution >= 0.6 is 11.3 Å². The van der Waals surface area contributed by atoms with Gasteiger partial charge in [0.25, 0.3) is 5.91 Å². The number of fused-ring (bicyclic) bond motifs is 2. The molecule has 0 fully saturated rings. The van der Waals surface area contributed by atoms with Crippen LogP contribution in [-0.4, -0.2) is 30.0 Å². The molecule has 1 aliphatic carbocycles. The Morgan fingerprint density at radius 3 is 2.62 bits per heavy atom. The fraction of sp³-hybridized carbons (Fsp3) is 0.292. The van der Waals surface area contributed by atoms with Crippen molar-refractivity contribution in [2.45, 2.75) is 32.1 Å². The average Bonchev–Trinajstić information content (AvgIpc) is 3.21. The van der Waals surface area contributed by atoms with Gasteiger partial charge < -0.3 is 14.8 Å². The first kappa shape index (κ1) is 20.5. The molecule has 1 unspecified atom stereocenters. The van der Waals surface area contributed by atoms with E-state index in [0.29, 0.717) is 41.1 Å². The van der Waals surface area contributed by atoms with Gasteiger partial charge in [-0.25, -0.2) is 4.98 Å². The minimum absolute atomic E-state index is 0.107. The molecule has 164 valence electrons. The number of benzene rings is 2. The second-order valence-corrected chi connectivity index (χ2v) is 9.02. The van der Waals surface area contributed by atoms with Crippen LogP contribution < -0.4 is 20.1 Å². The summed E-state index contributed by atoms with van der Waals surface area (Å²) in [7, 11) is 0. The number of hydrogen-bond donors (Lipinski definition) is 2. The summed E-state index contributed by atoms with van der Waals surface area (Å²) in [6.07, 6.45) is 2.49. The molecule has 32 heavy (non-hydrogen) atoms. The lowest BCUT2D eigenvalue weighted by Crippen LogP contribution is -2.25. The van der Waals surface area contributed by atoms with Crippen molar-refractivity contribution in [1.29, 1.82) is 0 Å². The standard InChI is InChI=1S/C24H23N3O4S/c1-14-5-7-15(8-6-14)22(28)27-24-26-21-17(3-2-4-20(21)32-24)23(29)25-16-9-10-18-19(13-16)31-12-11-30-18/h5-10,13,17H,2-4,11-12H2,1H3,(H,25,29)(H,26,27,28). The number of hydrogen-bond acceptors (Lipinski definition) is 6. The number of ether oxygens (including phenoxy) is 2. The van der Waals surface area contributed by atoms with Crippen molar-refractivity contribution < 1.29 is 19.1 Å². The first-order valence-corrected chi connectivity index (χ1v) is 11.5. The third-order valence-electron chi connectivity index (χ3n) is 5.61. The molecule has 0 saturated carbocycles. The van der Waals surface area contributed by atoms with E-state index in [4.69, 9.17) is 9.47 Å². The lowest BCUT2D eigenvalue weighted by atomic mass is 9.90. The maximum atomic E-state index is 13.1. The van der Waals surface area contributed by atoms with Crippen LogP contribution in [-0.2, 0) is 11.2 Å². The van der Waals surface area contributed by atoms with Gasteiger partial charge in [0.1, 0.15) is 13.2 Å². The number of nitrogens with zero attached hydrogens (tertiary/aromatic N) is 1. The van der Waals surface area contributed by atoms with E-state index in [0.717, 1.165) is 35.4 Å². The van der Waals surface area contributed by atoms with Crippen LogP contribution in [0.4, 0.5) is 10.8 Å². The molecule has 7 nitrogen and oxygen atoms in total. The van der Waals surface area contributed by atoms with E-state index in [1.807, 2.05) is 25.1 Å². The number of aromatic nitrogens is 1. The zero-order chi connectivity index (χ0) is 22.1. The average molecular weight is 450 g/mol. The zero-order valence-electron chi connectivity index (χ0n) is 17.6. The topological polar surface area (TPSA) is 89.6 Å². The summed E-state index contributed by atoms with van der Waals surface area (Å²) in [5.41, 5.74) is 3.10. The number of carbonyl (C=O) groups excluding carboxylic acids is 2. The van der Waals surface area contributed by atoms with Crippen LogP contribution in [0.25, 0.3) is 0 Å². The largest absolute Gasteiger partial charge is 0.486 e. The predicted molar refractivity (Wildman–Crippen MR) is 123 cm³/mol. The third kappa shape index (κ3) is 4.18. The van der Waals surface area contributed by atoms with Gasteiger partial charge in [-0.05, 0) is 50.5 Å². The summed E-state index contributed by atoms with van der Waals surface area (Å²) >= 11 is 1.45. The molecule has 0 radical (unpaired) electrons. The van der Waals surface area contributed by atoms with Gasteiger partial charge in [-0.1, -0.05) is 17.7 Å². The summed E-state index contributed by atoms with van der Waals surface area (Å²) in [4.78, 5) is 31.3. The number of anilines is 2. The van der Waals surface area contributed by atoms with Crippen LogP contribution in [0.15, 0.2) is 42.5 Å². The van der Waals surface area contributed by atoms with E-state index >= 15 is 0 Å².